The van der Waals surface area contributed by atoms with E-state index in [1.165, 1.54) is 19.0 Å². The number of pyridine rings is 1. The third-order valence-corrected chi connectivity index (χ3v) is 4.86. The highest BCUT2D eigenvalue weighted by Gasteiger charge is 2.57. The quantitative estimate of drug-likeness (QED) is 0.675. The minimum Gasteiger partial charge on any atom is -0.482 e. The third kappa shape index (κ3) is 1.95. The second kappa shape index (κ2) is 5.01. The lowest BCUT2D eigenvalue weighted by molar-refractivity contribution is -0.391. The summed E-state index contributed by atoms with van der Waals surface area (Å²) < 4.78 is 5.97. The van der Waals surface area contributed by atoms with Crippen molar-refractivity contribution in [2.45, 2.75) is 44.2 Å². The first-order chi connectivity index (χ1) is 9.67. The van der Waals surface area contributed by atoms with Crippen LogP contribution in [0.4, 0.5) is 5.82 Å². The summed E-state index contributed by atoms with van der Waals surface area (Å²) in [6.07, 6.45) is 7.09. The van der Waals surface area contributed by atoms with Crippen molar-refractivity contribution in [3.05, 3.63) is 28.4 Å². The van der Waals surface area contributed by atoms with Gasteiger partial charge in [-0.05, 0) is 41.9 Å². The summed E-state index contributed by atoms with van der Waals surface area (Å²) in [6, 6.07) is 3.78. The van der Waals surface area contributed by atoms with Crippen LogP contribution >= 0.6 is 0 Å². The Bertz CT molecular complexity index is 514. The number of nitro groups is 1. The molecule has 1 heterocycles. The molecular weight excluding hydrogens is 258 g/mol. The van der Waals surface area contributed by atoms with Crippen molar-refractivity contribution in [2.24, 2.45) is 5.41 Å². The van der Waals surface area contributed by atoms with E-state index in [0.29, 0.717) is 11.8 Å². The zero-order valence-electron chi connectivity index (χ0n) is 11.5. The number of nitrogens with one attached hydrogen (secondary N) is 1. The van der Waals surface area contributed by atoms with Crippen molar-refractivity contribution < 1.29 is 9.66 Å². The molecule has 2 atom stereocenters. The lowest BCUT2D eigenvalue weighted by atomic mass is 9.60. The van der Waals surface area contributed by atoms with E-state index in [9.17, 15) is 10.1 Å². The zero-order chi connectivity index (χ0) is 14.2. The van der Waals surface area contributed by atoms with Gasteiger partial charge < -0.3 is 20.2 Å². The van der Waals surface area contributed by atoms with E-state index < -0.39 is 4.92 Å². The first kappa shape index (κ1) is 13.3. The molecule has 2 saturated carbocycles. The van der Waals surface area contributed by atoms with Gasteiger partial charge in [-0.2, -0.15) is 0 Å². The molecule has 0 aromatic carbocycles. The molecule has 1 aromatic rings. The van der Waals surface area contributed by atoms with Crippen LogP contribution in [0, 0.1) is 15.5 Å². The first-order valence-corrected chi connectivity index (χ1v) is 7.11. The predicted octanol–water partition coefficient (Wildman–Crippen LogP) is 2.29. The molecule has 1 aromatic heterocycles. The van der Waals surface area contributed by atoms with E-state index in [0.717, 1.165) is 19.3 Å². The second-order valence-electron chi connectivity index (χ2n) is 5.71. The van der Waals surface area contributed by atoms with Gasteiger partial charge in [-0.15, -0.1) is 0 Å². The highest BCUT2D eigenvalue weighted by molar-refractivity contribution is 5.39. The van der Waals surface area contributed by atoms with Gasteiger partial charge in [0.25, 0.3) is 0 Å². The van der Waals surface area contributed by atoms with Gasteiger partial charge in [0.15, 0.2) is 0 Å². The molecule has 0 aliphatic heterocycles. The maximum absolute atomic E-state index is 11.0. The lowest BCUT2D eigenvalue weighted by Gasteiger charge is -2.53. The normalized spacial score (nSPS) is 27.2. The smallest absolute Gasteiger partial charge is 0.406 e. The molecule has 1 N–H and O–H groups in total. The van der Waals surface area contributed by atoms with E-state index >= 15 is 0 Å². The predicted molar refractivity (Wildman–Crippen MR) is 73.7 cm³/mol. The number of hydrogen-bond acceptors (Lipinski definition) is 5. The lowest BCUT2D eigenvalue weighted by Crippen LogP contribution is -2.63. The van der Waals surface area contributed by atoms with Crippen molar-refractivity contribution >= 4 is 5.82 Å². The van der Waals surface area contributed by atoms with Gasteiger partial charge in [0.1, 0.15) is 12.3 Å². The van der Waals surface area contributed by atoms with Crippen molar-refractivity contribution in [2.75, 3.05) is 7.05 Å². The van der Waals surface area contributed by atoms with Gasteiger partial charge in [0.2, 0.25) is 5.75 Å². The maximum atomic E-state index is 11.0. The largest absolute Gasteiger partial charge is 0.482 e. The molecule has 3 rings (SSSR count). The van der Waals surface area contributed by atoms with Crippen molar-refractivity contribution in [1.29, 1.82) is 0 Å². The average molecular weight is 277 g/mol. The molecule has 2 fully saturated rings. The SMILES string of the molecule is CNC1CC(Oc2cccnc2[N+](=O)[O-])C12CCCC2. The number of hydrogen-bond donors (Lipinski definition) is 1. The van der Waals surface area contributed by atoms with Crippen LogP contribution < -0.4 is 10.1 Å². The van der Waals surface area contributed by atoms with E-state index in [2.05, 4.69) is 10.3 Å². The van der Waals surface area contributed by atoms with Crippen LogP contribution in [0.15, 0.2) is 18.3 Å². The fourth-order valence-corrected chi connectivity index (χ4v) is 3.79. The fraction of sp³-hybridized carbons (Fsp3) is 0.643. The van der Waals surface area contributed by atoms with Crippen LogP contribution in [-0.2, 0) is 0 Å². The minimum absolute atomic E-state index is 0.0605. The maximum Gasteiger partial charge on any atom is 0.406 e. The van der Waals surface area contributed by atoms with Gasteiger partial charge in [-0.25, -0.2) is 0 Å². The van der Waals surface area contributed by atoms with Crippen molar-refractivity contribution in [3.8, 4) is 5.75 Å². The molecule has 0 radical (unpaired) electrons. The molecule has 2 aliphatic rings. The van der Waals surface area contributed by atoms with Crippen LogP contribution in [0.25, 0.3) is 0 Å². The van der Waals surface area contributed by atoms with Gasteiger partial charge in [0, 0.05) is 17.9 Å². The number of nitrogens with zero attached hydrogens (tertiary/aromatic N) is 2. The molecule has 1 spiro atoms. The summed E-state index contributed by atoms with van der Waals surface area (Å²) >= 11 is 0. The average Bonchev–Trinajstić information content (AvgIpc) is 2.95. The Morgan fingerprint density at radius 3 is 2.90 bits per heavy atom. The summed E-state index contributed by atoms with van der Waals surface area (Å²) in [5.74, 6) is 0.108. The molecule has 2 aliphatic carbocycles. The Kier molecular flexibility index (Phi) is 3.33. The van der Waals surface area contributed by atoms with E-state index in [1.807, 2.05) is 7.05 Å². The summed E-state index contributed by atoms with van der Waals surface area (Å²) in [5.41, 5.74) is 0.151. The Morgan fingerprint density at radius 2 is 2.25 bits per heavy atom. The molecule has 0 bridgehead atoms. The van der Waals surface area contributed by atoms with Gasteiger partial charge in [0.05, 0.1) is 0 Å². The molecule has 2 unspecified atom stereocenters. The first-order valence-electron chi connectivity index (χ1n) is 7.11. The van der Waals surface area contributed by atoms with Crippen LogP contribution in [0.1, 0.15) is 32.1 Å². The molecule has 0 saturated heterocycles. The zero-order valence-corrected chi connectivity index (χ0v) is 11.5. The van der Waals surface area contributed by atoms with E-state index in [1.54, 1.807) is 12.1 Å². The highest BCUT2D eigenvalue weighted by Crippen LogP contribution is 2.54. The van der Waals surface area contributed by atoms with Gasteiger partial charge in [-0.1, -0.05) is 12.8 Å². The Morgan fingerprint density at radius 1 is 1.50 bits per heavy atom. The minimum atomic E-state index is -0.481. The van der Waals surface area contributed by atoms with E-state index in [4.69, 9.17) is 4.74 Å². The van der Waals surface area contributed by atoms with Crippen molar-refractivity contribution in [3.63, 3.8) is 0 Å². The van der Waals surface area contributed by atoms with Crippen LogP contribution in [0.2, 0.25) is 0 Å². The third-order valence-electron chi connectivity index (χ3n) is 4.86. The van der Waals surface area contributed by atoms with Crippen LogP contribution in [0.3, 0.4) is 0 Å². The molecule has 20 heavy (non-hydrogen) atoms. The molecule has 108 valence electrons. The molecular formula is C14H19N3O3. The van der Waals surface area contributed by atoms with Crippen LogP contribution in [0.5, 0.6) is 5.75 Å². The van der Waals surface area contributed by atoms with Gasteiger partial charge in [-0.3, -0.25) is 0 Å². The number of aromatic nitrogens is 1. The standard InChI is InChI=1S/C14H19N3O3/c1-15-11-9-12(14(11)6-2-3-7-14)20-10-5-4-8-16-13(10)17(18)19/h4-5,8,11-12,15H,2-3,6-7,9H2,1H3. The Hall–Kier alpha value is -1.69. The number of ether oxygens (including phenoxy) is 1. The summed E-state index contributed by atoms with van der Waals surface area (Å²) in [4.78, 5) is 14.3. The number of rotatable bonds is 4. The Labute approximate surface area is 117 Å². The summed E-state index contributed by atoms with van der Waals surface area (Å²) in [7, 11) is 1.98. The summed E-state index contributed by atoms with van der Waals surface area (Å²) in [5, 5.41) is 14.4. The molecule has 6 nitrogen and oxygen atoms in total. The van der Waals surface area contributed by atoms with Gasteiger partial charge >= 0.3 is 5.82 Å². The monoisotopic (exact) mass is 277 g/mol. The highest BCUT2D eigenvalue weighted by atomic mass is 16.6. The van der Waals surface area contributed by atoms with Crippen LogP contribution in [-0.4, -0.2) is 29.1 Å². The topological polar surface area (TPSA) is 77.3 Å². The Balaban J connectivity index is 1.80. The fourth-order valence-electron chi connectivity index (χ4n) is 3.79. The van der Waals surface area contributed by atoms with Crippen molar-refractivity contribution in [1.82, 2.24) is 10.3 Å². The van der Waals surface area contributed by atoms with E-state index in [-0.39, 0.29) is 17.3 Å². The summed E-state index contributed by atoms with van der Waals surface area (Å²) in [6.45, 7) is 0. The second-order valence-corrected chi connectivity index (χ2v) is 5.71. The molecule has 6 heteroatoms. The molecule has 0 amide bonds.